The van der Waals surface area contributed by atoms with Crippen molar-refractivity contribution in [1.29, 1.82) is 0 Å². The highest BCUT2D eigenvalue weighted by atomic mass is 32.2. The van der Waals surface area contributed by atoms with Gasteiger partial charge in [-0.2, -0.15) is 5.21 Å². The highest BCUT2D eigenvalue weighted by molar-refractivity contribution is 8.01. The monoisotopic (exact) mass is 358 g/mol. The molecule has 3 heterocycles. The van der Waals surface area contributed by atoms with Gasteiger partial charge in [0.1, 0.15) is 16.8 Å². The van der Waals surface area contributed by atoms with E-state index in [9.17, 15) is 19.5 Å². The van der Waals surface area contributed by atoms with E-state index in [0.717, 1.165) is 0 Å². The fraction of sp³-hybridized carbons (Fsp3) is 0.636. The largest absolute Gasteiger partial charge is 0.481 e. The van der Waals surface area contributed by atoms with Gasteiger partial charge in [-0.05, 0) is 5.21 Å². The molecule has 0 bridgehead atoms. The van der Waals surface area contributed by atoms with Crippen LogP contribution < -0.4 is 5.32 Å². The van der Waals surface area contributed by atoms with Crippen LogP contribution in [0, 0.1) is 5.41 Å². The summed E-state index contributed by atoms with van der Waals surface area (Å²) in [7, 11) is 0. The van der Waals surface area contributed by atoms with Crippen molar-refractivity contribution in [1.82, 2.24) is 30.8 Å². The number of aromatic amines is 1. The van der Waals surface area contributed by atoms with Gasteiger partial charge in [0.05, 0.1) is 0 Å². The molecule has 1 aromatic rings. The molecule has 10 nitrogen and oxygen atoms in total. The Labute approximate surface area is 139 Å². The second-order valence-electron chi connectivity index (χ2n) is 5.35. The van der Waals surface area contributed by atoms with Crippen molar-refractivity contribution in [3.05, 3.63) is 0 Å². The second kappa shape index (κ2) is 6.00. The lowest BCUT2D eigenvalue weighted by Gasteiger charge is -2.54. The molecule has 1 aromatic heterocycles. The molecule has 2 aliphatic rings. The number of aromatic nitrogens is 4. The summed E-state index contributed by atoms with van der Waals surface area (Å²) in [6.45, 7) is 1.88. The van der Waals surface area contributed by atoms with Crippen LogP contribution in [0.4, 0.5) is 0 Å². The first-order valence-electron chi connectivity index (χ1n) is 6.75. The number of rotatable bonds is 6. The molecule has 4 atom stereocenters. The smallest absolute Gasteiger partial charge is 0.313 e. The van der Waals surface area contributed by atoms with Crippen molar-refractivity contribution in [3.8, 4) is 0 Å². The van der Waals surface area contributed by atoms with Crippen molar-refractivity contribution >= 4 is 41.8 Å². The van der Waals surface area contributed by atoms with Gasteiger partial charge in [-0.15, -0.1) is 22.0 Å². The minimum Gasteiger partial charge on any atom is -0.481 e. The number of carbonyl (C=O) groups is 3. The molecule has 0 radical (unpaired) electrons. The topological polar surface area (TPSA) is 141 Å². The van der Waals surface area contributed by atoms with E-state index in [-0.39, 0.29) is 23.1 Å². The number of carboxylic acids is 1. The fourth-order valence-electron chi connectivity index (χ4n) is 2.71. The Morgan fingerprint density at radius 2 is 2.48 bits per heavy atom. The molecule has 12 heteroatoms. The molecule has 0 aliphatic carbocycles. The van der Waals surface area contributed by atoms with E-state index in [1.807, 2.05) is 0 Å². The number of carboxylic acid groups (broad SMARTS) is 1. The first-order chi connectivity index (χ1) is 11.0. The lowest BCUT2D eigenvalue weighted by molar-refractivity contribution is -0.158. The van der Waals surface area contributed by atoms with Crippen molar-refractivity contribution < 1.29 is 19.5 Å². The number of nitrogens with zero attached hydrogens (tertiary/aromatic N) is 4. The summed E-state index contributed by atoms with van der Waals surface area (Å²) in [6.07, 6.45) is 0.494. The fourth-order valence-corrected chi connectivity index (χ4v) is 5.48. The number of carbonyl (C=O) groups excluding carboxylic acids is 2. The van der Waals surface area contributed by atoms with E-state index < -0.39 is 17.4 Å². The summed E-state index contributed by atoms with van der Waals surface area (Å²) in [5, 5.41) is 25.5. The number of β-lactam (4-membered cyclic amide) rings is 1. The predicted molar refractivity (Wildman–Crippen MR) is 80.5 cm³/mol. The summed E-state index contributed by atoms with van der Waals surface area (Å²) in [5.74, 6) is -0.886. The molecular formula is C11H14N6O4S2. The average Bonchev–Trinajstić information content (AvgIpc) is 3.04. The zero-order valence-electron chi connectivity index (χ0n) is 12.0. The van der Waals surface area contributed by atoms with Gasteiger partial charge in [0.15, 0.2) is 0 Å². The molecule has 2 aliphatic heterocycles. The van der Waals surface area contributed by atoms with Gasteiger partial charge in [-0.3, -0.25) is 14.4 Å². The number of thioether (sulfide) groups is 2. The van der Waals surface area contributed by atoms with E-state index in [1.54, 1.807) is 6.92 Å². The first kappa shape index (κ1) is 16.1. The number of fused-ring (bicyclic) bond motifs is 1. The Kier molecular flexibility index (Phi) is 4.19. The SMILES string of the molecule is CC(Sc1nn[nH]n1)C1(C(=O)O)CS[C@@H]2C(NC=O)C(=O)N2C1. The van der Waals surface area contributed by atoms with Crippen LogP contribution in [0.25, 0.3) is 0 Å². The van der Waals surface area contributed by atoms with Crippen LogP contribution in [0.3, 0.4) is 0 Å². The first-order valence-corrected chi connectivity index (χ1v) is 8.68. The van der Waals surface area contributed by atoms with Crippen molar-refractivity contribution in [2.45, 2.75) is 28.7 Å². The van der Waals surface area contributed by atoms with E-state index in [1.165, 1.54) is 28.4 Å². The number of nitrogens with one attached hydrogen (secondary N) is 2. The van der Waals surface area contributed by atoms with E-state index in [4.69, 9.17) is 0 Å². The molecular weight excluding hydrogens is 344 g/mol. The van der Waals surface area contributed by atoms with Crippen molar-refractivity contribution in [2.75, 3.05) is 12.3 Å². The molecule has 23 heavy (non-hydrogen) atoms. The average molecular weight is 358 g/mol. The number of H-pyrrole nitrogens is 1. The van der Waals surface area contributed by atoms with Crippen molar-refractivity contribution in [2.24, 2.45) is 5.41 Å². The van der Waals surface area contributed by atoms with Gasteiger partial charge < -0.3 is 15.3 Å². The predicted octanol–water partition coefficient (Wildman–Crippen LogP) is -1.22. The lowest BCUT2D eigenvalue weighted by Crippen LogP contribution is -2.73. The maximum atomic E-state index is 12.1. The molecule has 2 amide bonds. The van der Waals surface area contributed by atoms with E-state index in [0.29, 0.717) is 17.3 Å². The third-order valence-electron chi connectivity index (χ3n) is 4.17. The summed E-state index contributed by atoms with van der Waals surface area (Å²) >= 11 is 2.57. The van der Waals surface area contributed by atoms with Crippen LogP contribution in [0.15, 0.2) is 5.16 Å². The van der Waals surface area contributed by atoms with Gasteiger partial charge >= 0.3 is 5.97 Å². The number of tetrazole rings is 1. The highest BCUT2D eigenvalue weighted by Crippen LogP contribution is 2.47. The summed E-state index contributed by atoms with van der Waals surface area (Å²) < 4.78 is 0. The zero-order chi connectivity index (χ0) is 16.6. The minimum absolute atomic E-state index is 0.0991. The van der Waals surface area contributed by atoms with Crippen molar-refractivity contribution in [3.63, 3.8) is 0 Å². The number of hydrogen-bond acceptors (Lipinski definition) is 8. The molecule has 3 N–H and O–H groups in total. The summed E-state index contributed by atoms with van der Waals surface area (Å²) in [6, 6.07) is -0.565. The normalized spacial score (nSPS) is 31.0. The highest BCUT2D eigenvalue weighted by Gasteiger charge is 2.59. The Balaban J connectivity index is 1.77. The zero-order valence-corrected chi connectivity index (χ0v) is 13.6. The third kappa shape index (κ3) is 2.55. The molecule has 0 spiro atoms. The summed E-state index contributed by atoms with van der Waals surface area (Å²) in [4.78, 5) is 36.1. The minimum atomic E-state index is -1.12. The Morgan fingerprint density at radius 3 is 3.09 bits per heavy atom. The van der Waals surface area contributed by atoms with Crippen LogP contribution in [0.5, 0.6) is 0 Å². The van der Waals surface area contributed by atoms with E-state index >= 15 is 0 Å². The maximum Gasteiger partial charge on any atom is 0.313 e. The van der Waals surface area contributed by atoms with Crippen LogP contribution in [0.1, 0.15) is 6.92 Å². The molecule has 2 fully saturated rings. The molecule has 3 rings (SSSR count). The van der Waals surface area contributed by atoms with Gasteiger partial charge in [0.2, 0.25) is 17.5 Å². The number of amides is 2. The Hall–Kier alpha value is -1.82. The Bertz CT molecular complexity index is 628. The number of aliphatic carboxylic acids is 1. The number of hydrogen-bond donors (Lipinski definition) is 3. The van der Waals surface area contributed by atoms with E-state index in [2.05, 4.69) is 25.9 Å². The van der Waals surface area contributed by atoms with Gasteiger partial charge in [0.25, 0.3) is 0 Å². The van der Waals surface area contributed by atoms with Gasteiger partial charge in [-0.1, -0.05) is 18.7 Å². The van der Waals surface area contributed by atoms with Crippen LogP contribution >= 0.6 is 23.5 Å². The standard InChI is InChI=1S/C11H14N6O4S2/c1-5(23-10-13-15-16-14-10)11(9(20)21)2-17-7(19)6(12-4-18)8(17)22-3-11/h4-6,8H,2-3H2,1H3,(H,12,18)(H,20,21)(H,13,14,15,16)/t5?,6?,8-,11?/m1/s1. The second-order valence-corrected chi connectivity index (χ2v) is 7.76. The lowest BCUT2D eigenvalue weighted by atomic mass is 9.84. The molecule has 124 valence electrons. The quantitative estimate of drug-likeness (QED) is 0.324. The van der Waals surface area contributed by atoms with Crippen LogP contribution in [0.2, 0.25) is 0 Å². The molecule has 0 aromatic carbocycles. The van der Waals surface area contributed by atoms with Gasteiger partial charge in [-0.25, -0.2) is 0 Å². The molecule has 0 saturated carbocycles. The van der Waals surface area contributed by atoms with Crippen LogP contribution in [-0.2, 0) is 14.4 Å². The van der Waals surface area contributed by atoms with Crippen LogP contribution in [-0.4, -0.2) is 77.9 Å². The molecule has 2 saturated heterocycles. The maximum absolute atomic E-state index is 12.1. The Morgan fingerprint density at radius 1 is 1.70 bits per heavy atom. The van der Waals surface area contributed by atoms with Gasteiger partial charge in [0, 0.05) is 17.5 Å². The third-order valence-corrected chi connectivity index (χ3v) is 6.90. The summed E-state index contributed by atoms with van der Waals surface area (Å²) in [5.41, 5.74) is -1.12. The molecule has 3 unspecified atom stereocenters.